The highest BCUT2D eigenvalue weighted by Crippen LogP contribution is 2.18. The van der Waals surface area contributed by atoms with E-state index in [4.69, 9.17) is 10.2 Å². The zero-order chi connectivity index (χ0) is 13.7. The van der Waals surface area contributed by atoms with Crippen LogP contribution in [0.2, 0.25) is 0 Å². The molecule has 2 rings (SSSR count). The van der Waals surface area contributed by atoms with Crippen LogP contribution in [0.25, 0.3) is 0 Å². The number of aromatic nitrogens is 3. The molecule has 0 aliphatic heterocycles. The average Bonchev–Trinajstić information content (AvgIpc) is 2.89. The maximum atomic E-state index is 10.6. The Balaban J connectivity index is 1.83. The minimum absolute atomic E-state index is 0.0435. The number of aliphatic hydroxyl groups excluding tert-OH is 1. The van der Waals surface area contributed by atoms with Gasteiger partial charge in [-0.1, -0.05) is 17.3 Å². The highest BCUT2D eigenvalue weighted by Gasteiger charge is 2.07. The highest BCUT2D eigenvalue weighted by molar-refractivity contribution is 7.99. The van der Waals surface area contributed by atoms with Crippen molar-refractivity contribution < 1.29 is 15.0 Å². The van der Waals surface area contributed by atoms with Gasteiger partial charge < -0.3 is 10.2 Å². The van der Waals surface area contributed by atoms with Crippen LogP contribution in [0, 0.1) is 0 Å². The molecule has 0 fully saturated rings. The zero-order valence-electron chi connectivity index (χ0n) is 10.1. The Kier molecular flexibility index (Phi) is 4.53. The summed E-state index contributed by atoms with van der Waals surface area (Å²) >= 11 is 1.63. The lowest BCUT2D eigenvalue weighted by atomic mass is 10.2. The number of carboxylic acid groups (broad SMARTS) is 1. The lowest BCUT2D eigenvalue weighted by Crippen LogP contribution is -2.01. The Morgan fingerprint density at radius 2 is 2.05 bits per heavy atom. The third-order valence-corrected chi connectivity index (χ3v) is 3.45. The normalized spacial score (nSPS) is 10.6. The smallest absolute Gasteiger partial charge is 0.358 e. The van der Waals surface area contributed by atoms with E-state index in [-0.39, 0.29) is 12.3 Å². The van der Waals surface area contributed by atoms with Crippen LogP contribution >= 0.6 is 11.8 Å². The number of carbonyl (C=O) groups is 1. The Hall–Kier alpha value is -1.86. The zero-order valence-corrected chi connectivity index (χ0v) is 10.9. The van der Waals surface area contributed by atoms with Gasteiger partial charge in [-0.15, -0.1) is 16.9 Å². The molecule has 1 aromatic carbocycles. The number of thioether (sulfide) groups is 1. The number of rotatable bonds is 6. The molecule has 2 N–H and O–H groups in total. The quantitative estimate of drug-likeness (QED) is 0.774. The Morgan fingerprint density at radius 1 is 1.32 bits per heavy atom. The molecule has 6 nitrogen and oxygen atoms in total. The number of aliphatic hydroxyl groups is 1. The molecule has 7 heteroatoms. The second-order valence-corrected chi connectivity index (χ2v) is 4.99. The van der Waals surface area contributed by atoms with Crippen LogP contribution in [-0.2, 0) is 13.2 Å². The van der Waals surface area contributed by atoms with Gasteiger partial charge in [-0.25, -0.2) is 4.79 Å². The maximum absolute atomic E-state index is 10.6. The summed E-state index contributed by atoms with van der Waals surface area (Å²) in [7, 11) is 0. The first-order valence-corrected chi connectivity index (χ1v) is 6.63. The standard InChI is InChI=1S/C12H13N3O3S/c16-8-9-1-3-10(4-2-9)19-6-5-15-7-11(12(17)18)13-14-15/h1-4,7,16H,5-6,8H2,(H,17,18). The number of carboxylic acids is 1. The van der Waals surface area contributed by atoms with E-state index in [2.05, 4.69) is 10.3 Å². The van der Waals surface area contributed by atoms with E-state index in [1.54, 1.807) is 11.8 Å². The van der Waals surface area contributed by atoms with Gasteiger partial charge in [0.2, 0.25) is 0 Å². The summed E-state index contributed by atoms with van der Waals surface area (Å²) < 4.78 is 1.51. The van der Waals surface area contributed by atoms with Crippen LogP contribution in [0.15, 0.2) is 35.4 Å². The molecular formula is C12H13N3O3S. The predicted octanol–water partition coefficient (Wildman–Crippen LogP) is 1.26. The molecule has 0 saturated carbocycles. The second kappa shape index (κ2) is 6.35. The van der Waals surface area contributed by atoms with Gasteiger partial charge in [-0.2, -0.15) is 0 Å². The van der Waals surface area contributed by atoms with Gasteiger partial charge in [0.05, 0.1) is 19.3 Å². The summed E-state index contributed by atoms with van der Waals surface area (Å²) in [6.45, 7) is 0.633. The molecule has 0 spiro atoms. The Labute approximate surface area is 114 Å². The first-order chi connectivity index (χ1) is 9.19. The first-order valence-electron chi connectivity index (χ1n) is 5.65. The molecule has 1 aromatic heterocycles. The monoisotopic (exact) mass is 279 g/mol. The van der Waals surface area contributed by atoms with Gasteiger partial charge in [0, 0.05) is 10.6 Å². The molecule has 0 bridgehead atoms. The number of aryl methyl sites for hydroxylation is 1. The third kappa shape index (κ3) is 3.80. The van der Waals surface area contributed by atoms with Gasteiger partial charge in [0.1, 0.15) is 0 Å². The van der Waals surface area contributed by atoms with Crippen molar-refractivity contribution >= 4 is 17.7 Å². The molecule has 0 radical (unpaired) electrons. The SMILES string of the molecule is O=C(O)c1cn(CCSc2ccc(CO)cc2)nn1. The van der Waals surface area contributed by atoms with E-state index < -0.39 is 5.97 Å². The summed E-state index contributed by atoms with van der Waals surface area (Å²) in [6, 6.07) is 7.64. The van der Waals surface area contributed by atoms with E-state index in [1.807, 2.05) is 24.3 Å². The summed E-state index contributed by atoms with van der Waals surface area (Å²) in [6.07, 6.45) is 1.41. The van der Waals surface area contributed by atoms with Crippen molar-refractivity contribution in [1.82, 2.24) is 15.0 Å². The fourth-order valence-corrected chi connectivity index (χ4v) is 2.30. The van der Waals surface area contributed by atoms with Crippen molar-refractivity contribution in [2.75, 3.05) is 5.75 Å². The number of aromatic carboxylic acids is 1. The predicted molar refractivity (Wildman–Crippen MR) is 70.1 cm³/mol. The Bertz CT molecular complexity index is 554. The van der Waals surface area contributed by atoms with E-state index >= 15 is 0 Å². The minimum atomic E-state index is -1.07. The van der Waals surface area contributed by atoms with Crippen molar-refractivity contribution in [2.24, 2.45) is 0 Å². The van der Waals surface area contributed by atoms with Crippen LogP contribution in [0.4, 0.5) is 0 Å². The van der Waals surface area contributed by atoms with Crippen LogP contribution in [0.3, 0.4) is 0 Å². The summed E-state index contributed by atoms with van der Waals surface area (Å²) in [5, 5.41) is 24.9. The van der Waals surface area contributed by atoms with Crippen molar-refractivity contribution in [1.29, 1.82) is 0 Å². The molecule has 19 heavy (non-hydrogen) atoms. The summed E-state index contributed by atoms with van der Waals surface area (Å²) in [5.74, 6) is -0.306. The van der Waals surface area contributed by atoms with Crippen LogP contribution < -0.4 is 0 Å². The topological polar surface area (TPSA) is 88.2 Å². The number of hydrogen-bond donors (Lipinski definition) is 2. The van der Waals surface area contributed by atoms with Gasteiger partial charge in [-0.3, -0.25) is 4.68 Å². The van der Waals surface area contributed by atoms with Crippen molar-refractivity contribution in [3.8, 4) is 0 Å². The molecule has 0 unspecified atom stereocenters. The van der Waals surface area contributed by atoms with Crippen molar-refractivity contribution in [3.05, 3.63) is 41.7 Å². The molecule has 0 aliphatic rings. The molecule has 0 saturated heterocycles. The summed E-state index contributed by atoms with van der Waals surface area (Å²) in [5.41, 5.74) is 0.837. The van der Waals surface area contributed by atoms with Gasteiger partial charge in [0.25, 0.3) is 0 Å². The lowest BCUT2D eigenvalue weighted by molar-refractivity contribution is 0.0690. The molecule has 1 heterocycles. The molecule has 0 atom stereocenters. The lowest BCUT2D eigenvalue weighted by Gasteiger charge is -2.02. The highest BCUT2D eigenvalue weighted by atomic mass is 32.2. The fraction of sp³-hybridized carbons (Fsp3) is 0.250. The van der Waals surface area contributed by atoms with Crippen LogP contribution in [0.5, 0.6) is 0 Å². The fourth-order valence-electron chi connectivity index (χ4n) is 1.45. The van der Waals surface area contributed by atoms with Crippen LogP contribution in [-0.4, -0.2) is 36.9 Å². The van der Waals surface area contributed by atoms with Gasteiger partial charge >= 0.3 is 5.97 Å². The average molecular weight is 279 g/mol. The van der Waals surface area contributed by atoms with Crippen molar-refractivity contribution in [3.63, 3.8) is 0 Å². The first kappa shape index (κ1) is 13.6. The largest absolute Gasteiger partial charge is 0.476 e. The number of benzene rings is 1. The molecule has 0 amide bonds. The molecule has 100 valence electrons. The van der Waals surface area contributed by atoms with Gasteiger partial charge in [-0.05, 0) is 17.7 Å². The van der Waals surface area contributed by atoms with Gasteiger partial charge in [0.15, 0.2) is 5.69 Å². The maximum Gasteiger partial charge on any atom is 0.358 e. The number of nitrogens with zero attached hydrogens (tertiary/aromatic N) is 3. The Morgan fingerprint density at radius 3 is 2.63 bits per heavy atom. The summed E-state index contributed by atoms with van der Waals surface area (Å²) in [4.78, 5) is 11.7. The molecular weight excluding hydrogens is 266 g/mol. The minimum Gasteiger partial charge on any atom is -0.476 e. The second-order valence-electron chi connectivity index (χ2n) is 3.82. The van der Waals surface area contributed by atoms with E-state index in [0.717, 1.165) is 16.2 Å². The van der Waals surface area contributed by atoms with E-state index in [0.29, 0.717) is 6.54 Å². The van der Waals surface area contributed by atoms with Crippen LogP contribution in [0.1, 0.15) is 16.1 Å². The van der Waals surface area contributed by atoms with E-state index in [1.165, 1.54) is 10.9 Å². The van der Waals surface area contributed by atoms with Crippen molar-refractivity contribution in [2.45, 2.75) is 18.0 Å². The molecule has 2 aromatic rings. The molecule has 0 aliphatic carbocycles. The third-order valence-electron chi connectivity index (χ3n) is 2.45. The number of hydrogen-bond acceptors (Lipinski definition) is 5. The van der Waals surface area contributed by atoms with E-state index in [9.17, 15) is 4.79 Å².